The Morgan fingerprint density at radius 2 is 1.71 bits per heavy atom. The quantitative estimate of drug-likeness (QED) is 0.811. The molecule has 28 heavy (non-hydrogen) atoms. The fourth-order valence-corrected chi connectivity index (χ4v) is 4.29. The molecule has 0 spiro atoms. The molecule has 2 N–H and O–H groups in total. The summed E-state index contributed by atoms with van der Waals surface area (Å²) in [6, 6.07) is 7.21. The molecule has 1 aliphatic heterocycles. The van der Waals surface area contributed by atoms with Crippen LogP contribution in [0.25, 0.3) is 0 Å². The Kier molecular flexibility index (Phi) is 8.13. The van der Waals surface area contributed by atoms with E-state index in [2.05, 4.69) is 0 Å². The summed E-state index contributed by atoms with van der Waals surface area (Å²) in [6.07, 6.45) is 6.27. The lowest BCUT2D eigenvalue weighted by molar-refractivity contribution is -0.135. The van der Waals surface area contributed by atoms with E-state index in [9.17, 15) is 9.59 Å². The number of hydrogen-bond donors (Lipinski definition) is 1. The minimum Gasteiger partial charge on any atom is -0.497 e. The van der Waals surface area contributed by atoms with Crippen molar-refractivity contribution in [2.24, 2.45) is 11.1 Å². The first-order valence-electron chi connectivity index (χ1n) is 9.98. The molecule has 1 aliphatic carbocycles. The second-order valence-corrected chi connectivity index (χ2v) is 7.85. The largest absolute Gasteiger partial charge is 0.497 e. The summed E-state index contributed by atoms with van der Waals surface area (Å²) in [5, 5.41) is 0. The van der Waals surface area contributed by atoms with Crippen LogP contribution in [0, 0.1) is 5.41 Å². The molecule has 6 nitrogen and oxygen atoms in total. The van der Waals surface area contributed by atoms with Crippen LogP contribution in [0.2, 0.25) is 0 Å². The standard InChI is InChI=1S/C21H31N3O3.ClH/c1-27-18-7-5-6-17(14-18)20(26)24-12-10-23(11-13-24)19(25)15-21(16-22)8-3-2-4-9-21;/h5-7,14H,2-4,8-13,15-16,22H2,1H3;1H. The zero-order chi connectivity index (χ0) is 19.3. The van der Waals surface area contributed by atoms with E-state index in [1.807, 2.05) is 21.9 Å². The number of benzene rings is 1. The molecule has 1 aromatic rings. The van der Waals surface area contributed by atoms with Crippen LogP contribution in [0.5, 0.6) is 5.75 Å². The van der Waals surface area contributed by atoms with Gasteiger partial charge < -0.3 is 20.3 Å². The first-order chi connectivity index (χ1) is 13.1. The molecule has 0 unspecified atom stereocenters. The third-order valence-electron chi connectivity index (χ3n) is 6.11. The molecule has 3 rings (SSSR count). The van der Waals surface area contributed by atoms with Gasteiger partial charge in [0.05, 0.1) is 7.11 Å². The van der Waals surface area contributed by atoms with Gasteiger partial charge in [-0.05, 0) is 43.0 Å². The van der Waals surface area contributed by atoms with Crippen molar-refractivity contribution in [3.8, 4) is 5.75 Å². The summed E-state index contributed by atoms with van der Waals surface area (Å²) in [5.74, 6) is 0.858. The van der Waals surface area contributed by atoms with E-state index in [-0.39, 0.29) is 29.6 Å². The lowest BCUT2D eigenvalue weighted by Crippen LogP contribution is -2.51. The average Bonchev–Trinajstić information content (AvgIpc) is 2.74. The van der Waals surface area contributed by atoms with Crippen molar-refractivity contribution in [1.82, 2.24) is 9.80 Å². The van der Waals surface area contributed by atoms with Gasteiger partial charge in [0.15, 0.2) is 0 Å². The first kappa shape index (κ1) is 22.5. The molecular weight excluding hydrogens is 378 g/mol. The van der Waals surface area contributed by atoms with Gasteiger partial charge in [0.2, 0.25) is 5.91 Å². The molecule has 7 heteroatoms. The smallest absolute Gasteiger partial charge is 0.254 e. The van der Waals surface area contributed by atoms with Crippen LogP contribution in [-0.2, 0) is 4.79 Å². The Morgan fingerprint density at radius 3 is 2.32 bits per heavy atom. The summed E-state index contributed by atoms with van der Waals surface area (Å²) >= 11 is 0. The van der Waals surface area contributed by atoms with Crippen molar-refractivity contribution in [2.75, 3.05) is 39.8 Å². The van der Waals surface area contributed by atoms with E-state index in [4.69, 9.17) is 10.5 Å². The zero-order valence-electron chi connectivity index (χ0n) is 16.7. The van der Waals surface area contributed by atoms with Crippen molar-refractivity contribution in [2.45, 2.75) is 38.5 Å². The van der Waals surface area contributed by atoms with E-state index in [1.54, 1.807) is 19.2 Å². The van der Waals surface area contributed by atoms with E-state index in [1.165, 1.54) is 19.3 Å². The van der Waals surface area contributed by atoms with Crippen LogP contribution in [0.3, 0.4) is 0 Å². The molecule has 1 saturated carbocycles. The number of halogens is 1. The summed E-state index contributed by atoms with van der Waals surface area (Å²) in [4.78, 5) is 29.2. The number of piperazine rings is 1. The normalized spacial score (nSPS) is 18.9. The average molecular weight is 410 g/mol. The van der Waals surface area contributed by atoms with Crippen molar-refractivity contribution < 1.29 is 14.3 Å². The molecule has 0 aromatic heterocycles. The van der Waals surface area contributed by atoms with Crippen molar-refractivity contribution >= 4 is 24.2 Å². The number of rotatable bonds is 5. The first-order valence-corrected chi connectivity index (χ1v) is 9.98. The van der Waals surface area contributed by atoms with E-state index >= 15 is 0 Å². The van der Waals surface area contributed by atoms with Crippen molar-refractivity contribution in [1.29, 1.82) is 0 Å². The second kappa shape index (κ2) is 10.1. The Morgan fingerprint density at radius 1 is 1.07 bits per heavy atom. The number of nitrogens with zero attached hydrogens (tertiary/aromatic N) is 2. The SMILES string of the molecule is COc1cccc(C(=O)N2CCN(C(=O)CC3(CN)CCCCC3)CC2)c1.Cl. The number of amides is 2. The number of nitrogens with two attached hydrogens (primary N) is 1. The highest BCUT2D eigenvalue weighted by Gasteiger charge is 2.35. The number of methoxy groups -OCH3 is 1. The summed E-state index contributed by atoms with van der Waals surface area (Å²) in [7, 11) is 1.59. The second-order valence-electron chi connectivity index (χ2n) is 7.85. The molecule has 2 fully saturated rings. The lowest BCUT2D eigenvalue weighted by Gasteiger charge is -2.39. The predicted octanol–water partition coefficient (Wildman–Crippen LogP) is 2.70. The molecule has 0 atom stereocenters. The third-order valence-corrected chi connectivity index (χ3v) is 6.11. The van der Waals surface area contributed by atoms with E-state index < -0.39 is 0 Å². The molecule has 0 bridgehead atoms. The summed E-state index contributed by atoms with van der Waals surface area (Å²) < 4.78 is 5.20. The fourth-order valence-electron chi connectivity index (χ4n) is 4.29. The predicted molar refractivity (Wildman–Crippen MR) is 112 cm³/mol. The van der Waals surface area contributed by atoms with Gasteiger partial charge in [-0.1, -0.05) is 25.3 Å². The highest BCUT2D eigenvalue weighted by molar-refractivity contribution is 5.94. The van der Waals surface area contributed by atoms with E-state index in [0.717, 1.165) is 12.8 Å². The maximum absolute atomic E-state index is 12.8. The van der Waals surface area contributed by atoms with Crippen LogP contribution in [0.15, 0.2) is 24.3 Å². The zero-order valence-corrected chi connectivity index (χ0v) is 17.5. The number of carbonyl (C=O) groups excluding carboxylic acids is 2. The monoisotopic (exact) mass is 409 g/mol. The van der Waals surface area contributed by atoms with Crippen molar-refractivity contribution in [3.63, 3.8) is 0 Å². The van der Waals surface area contributed by atoms with Crippen LogP contribution in [0.1, 0.15) is 48.9 Å². The van der Waals surface area contributed by atoms with Crippen LogP contribution in [-0.4, -0.2) is 61.4 Å². The van der Waals surface area contributed by atoms with Gasteiger partial charge in [-0.15, -0.1) is 12.4 Å². The van der Waals surface area contributed by atoms with Crippen LogP contribution in [0.4, 0.5) is 0 Å². The molecular formula is C21H32ClN3O3. The van der Waals surface area contributed by atoms with Gasteiger partial charge in [-0.25, -0.2) is 0 Å². The fraction of sp³-hybridized carbons (Fsp3) is 0.619. The van der Waals surface area contributed by atoms with Gasteiger partial charge in [-0.3, -0.25) is 9.59 Å². The number of hydrogen-bond acceptors (Lipinski definition) is 4. The lowest BCUT2D eigenvalue weighted by atomic mass is 9.71. The van der Waals surface area contributed by atoms with Crippen LogP contribution >= 0.6 is 12.4 Å². The molecule has 1 aromatic carbocycles. The molecule has 156 valence electrons. The molecule has 2 amide bonds. The molecule has 0 radical (unpaired) electrons. The maximum atomic E-state index is 12.8. The maximum Gasteiger partial charge on any atom is 0.254 e. The van der Waals surface area contributed by atoms with Gasteiger partial charge in [-0.2, -0.15) is 0 Å². The Hall–Kier alpha value is -1.79. The van der Waals surface area contributed by atoms with E-state index in [0.29, 0.717) is 50.5 Å². The molecule has 1 heterocycles. The Bertz CT molecular complexity index is 669. The van der Waals surface area contributed by atoms with Gasteiger partial charge in [0.25, 0.3) is 5.91 Å². The van der Waals surface area contributed by atoms with Gasteiger partial charge >= 0.3 is 0 Å². The molecule has 1 saturated heterocycles. The number of carbonyl (C=O) groups is 2. The highest BCUT2D eigenvalue weighted by atomic mass is 35.5. The van der Waals surface area contributed by atoms with Gasteiger partial charge in [0.1, 0.15) is 5.75 Å². The third kappa shape index (κ3) is 5.17. The number of ether oxygens (including phenoxy) is 1. The Labute approximate surface area is 173 Å². The summed E-state index contributed by atoms with van der Waals surface area (Å²) in [5.41, 5.74) is 6.64. The van der Waals surface area contributed by atoms with Crippen molar-refractivity contribution in [3.05, 3.63) is 29.8 Å². The molecule has 2 aliphatic rings. The minimum absolute atomic E-state index is 0. The minimum atomic E-state index is -0.0110. The topological polar surface area (TPSA) is 75.9 Å². The summed E-state index contributed by atoms with van der Waals surface area (Å²) in [6.45, 7) is 2.91. The van der Waals surface area contributed by atoms with Crippen LogP contribution < -0.4 is 10.5 Å². The highest BCUT2D eigenvalue weighted by Crippen LogP contribution is 2.38. The van der Waals surface area contributed by atoms with Gasteiger partial charge in [0, 0.05) is 38.2 Å². The Balaban J connectivity index is 0.00000280.